The Morgan fingerprint density at radius 3 is 2.25 bits per heavy atom. The molecule has 118 valence electrons. The molecular weight excluding hydrogens is 307 g/mol. The van der Waals surface area contributed by atoms with Crippen molar-refractivity contribution in [3.63, 3.8) is 0 Å². The zero-order valence-corrected chi connectivity index (χ0v) is 13.8. The van der Waals surface area contributed by atoms with Gasteiger partial charge in [0.25, 0.3) is 0 Å². The van der Waals surface area contributed by atoms with Crippen LogP contribution in [0.25, 0.3) is 0 Å². The molecule has 0 amide bonds. The summed E-state index contributed by atoms with van der Waals surface area (Å²) in [6, 6.07) is 0. The highest BCUT2D eigenvalue weighted by Gasteiger charge is 2.32. The second kappa shape index (κ2) is 10.2. The Kier molecular flexibility index (Phi) is 9.92. The summed E-state index contributed by atoms with van der Waals surface area (Å²) in [6.07, 6.45) is -0.0903. The molecule has 1 unspecified atom stereocenters. The lowest BCUT2D eigenvalue weighted by Gasteiger charge is -2.19. The summed E-state index contributed by atoms with van der Waals surface area (Å²) >= 11 is 1.20. The van der Waals surface area contributed by atoms with Gasteiger partial charge in [-0.3, -0.25) is 14.2 Å². The van der Waals surface area contributed by atoms with Crippen molar-refractivity contribution >= 4 is 31.3 Å². The number of carbonyl (C=O) groups is 2. The van der Waals surface area contributed by atoms with E-state index in [1.165, 1.54) is 33.1 Å². The fourth-order valence-corrected chi connectivity index (χ4v) is 3.67. The summed E-state index contributed by atoms with van der Waals surface area (Å²) in [6.45, 7) is 1.91. The van der Waals surface area contributed by atoms with E-state index in [0.717, 1.165) is 0 Å². The van der Waals surface area contributed by atoms with Gasteiger partial charge in [-0.15, -0.1) is 11.8 Å². The standard InChI is InChI=1S/C11H21O7PS/c1-5-18-11(13)9(6-19(14,16-3)17-4)7-20-8-10(12)15-2/h9H,5-8H2,1-4H3. The van der Waals surface area contributed by atoms with Crippen molar-refractivity contribution in [2.24, 2.45) is 5.92 Å². The molecular formula is C11H21O7PS. The Labute approximate surface area is 123 Å². The van der Waals surface area contributed by atoms with E-state index in [4.69, 9.17) is 13.8 Å². The number of rotatable bonds is 10. The van der Waals surface area contributed by atoms with Gasteiger partial charge in [0.15, 0.2) is 0 Å². The number of ether oxygens (including phenoxy) is 2. The predicted octanol–water partition coefficient (Wildman–Crippen LogP) is 1.56. The topological polar surface area (TPSA) is 88.1 Å². The monoisotopic (exact) mass is 328 g/mol. The second-order valence-corrected chi connectivity index (χ2v) is 7.05. The molecule has 0 bridgehead atoms. The molecule has 0 rings (SSSR count). The lowest BCUT2D eigenvalue weighted by molar-refractivity contribution is -0.146. The molecule has 0 aromatic carbocycles. The van der Waals surface area contributed by atoms with Crippen LogP contribution in [0.3, 0.4) is 0 Å². The number of hydrogen-bond donors (Lipinski definition) is 0. The van der Waals surface area contributed by atoms with Gasteiger partial charge in [0.2, 0.25) is 0 Å². The number of esters is 2. The Bertz CT molecular complexity index is 353. The van der Waals surface area contributed by atoms with Gasteiger partial charge in [0, 0.05) is 20.0 Å². The molecule has 0 radical (unpaired) electrons. The Balaban J connectivity index is 4.61. The van der Waals surface area contributed by atoms with Gasteiger partial charge in [0.05, 0.1) is 31.5 Å². The quantitative estimate of drug-likeness (QED) is 0.441. The largest absolute Gasteiger partial charge is 0.468 e. The summed E-state index contributed by atoms with van der Waals surface area (Å²) in [5.74, 6) is -1.17. The van der Waals surface area contributed by atoms with Crippen molar-refractivity contribution in [3.05, 3.63) is 0 Å². The Hall–Kier alpha value is -0.560. The second-order valence-electron chi connectivity index (χ2n) is 3.70. The third-order valence-corrected chi connectivity index (χ3v) is 5.47. The minimum Gasteiger partial charge on any atom is -0.468 e. The molecule has 7 nitrogen and oxygen atoms in total. The van der Waals surface area contributed by atoms with Gasteiger partial charge < -0.3 is 18.5 Å². The fourth-order valence-electron chi connectivity index (χ4n) is 1.29. The minimum absolute atomic E-state index is 0.0903. The molecule has 0 aliphatic rings. The summed E-state index contributed by atoms with van der Waals surface area (Å²) in [4.78, 5) is 22.8. The molecule has 0 fully saturated rings. The van der Waals surface area contributed by atoms with Crippen molar-refractivity contribution in [1.82, 2.24) is 0 Å². The average molecular weight is 328 g/mol. The van der Waals surface area contributed by atoms with Crippen LogP contribution in [0.1, 0.15) is 6.92 Å². The average Bonchev–Trinajstić information content (AvgIpc) is 2.45. The van der Waals surface area contributed by atoms with E-state index < -0.39 is 19.5 Å². The molecule has 0 aromatic heterocycles. The van der Waals surface area contributed by atoms with E-state index in [9.17, 15) is 14.2 Å². The molecule has 0 aliphatic carbocycles. The SMILES string of the molecule is CCOC(=O)C(CSCC(=O)OC)CP(=O)(OC)OC. The lowest BCUT2D eigenvalue weighted by atomic mass is 10.2. The number of hydrogen-bond acceptors (Lipinski definition) is 8. The summed E-state index contributed by atoms with van der Waals surface area (Å²) < 4.78 is 31.1. The fraction of sp³-hybridized carbons (Fsp3) is 0.818. The van der Waals surface area contributed by atoms with Gasteiger partial charge in [-0.25, -0.2) is 0 Å². The maximum Gasteiger partial charge on any atom is 0.331 e. The summed E-state index contributed by atoms with van der Waals surface area (Å²) in [5.41, 5.74) is 0. The highest BCUT2D eigenvalue weighted by molar-refractivity contribution is 7.99. The molecule has 0 N–H and O–H groups in total. The zero-order valence-electron chi connectivity index (χ0n) is 12.1. The maximum atomic E-state index is 12.1. The normalized spacial score (nSPS) is 12.8. The minimum atomic E-state index is -3.32. The molecule has 0 aromatic rings. The van der Waals surface area contributed by atoms with E-state index in [1.54, 1.807) is 6.92 Å². The summed E-state index contributed by atoms with van der Waals surface area (Å²) in [7, 11) is 0.487. The molecule has 0 heterocycles. The van der Waals surface area contributed by atoms with Crippen LogP contribution in [-0.4, -0.2) is 57.5 Å². The van der Waals surface area contributed by atoms with Gasteiger partial charge in [-0.2, -0.15) is 0 Å². The van der Waals surface area contributed by atoms with Gasteiger partial charge in [-0.05, 0) is 6.92 Å². The van der Waals surface area contributed by atoms with Gasteiger partial charge in [-0.1, -0.05) is 0 Å². The first kappa shape index (κ1) is 19.4. The zero-order chi connectivity index (χ0) is 15.6. The number of thioether (sulfide) groups is 1. The predicted molar refractivity (Wildman–Crippen MR) is 76.0 cm³/mol. The van der Waals surface area contributed by atoms with Crippen LogP contribution in [0.15, 0.2) is 0 Å². The van der Waals surface area contributed by atoms with Crippen molar-refractivity contribution in [1.29, 1.82) is 0 Å². The smallest absolute Gasteiger partial charge is 0.331 e. The van der Waals surface area contributed by atoms with Crippen LogP contribution in [-0.2, 0) is 32.7 Å². The van der Waals surface area contributed by atoms with E-state index in [-0.39, 0.29) is 30.2 Å². The van der Waals surface area contributed by atoms with Crippen LogP contribution < -0.4 is 0 Å². The first-order chi connectivity index (χ1) is 9.42. The first-order valence-corrected chi connectivity index (χ1v) is 8.82. The van der Waals surface area contributed by atoms with E-state index in [2.05, 4.69) is 4.74 Å². The van der Waals surface area contributed by atoms with Crippen molar-refractivity contribution in [2.75, 3.05) is 45.6 Å². The molecule has 9 heteroatoms. The van der Waals surface area contributed by atoms with Crippen molar-refractivity contribution in [2.45, 2.75) is 6.92 Å². The third kappa shape index (κ3) is 7.28. The number of methoxy groups -OCH3 is 1. The van der Waals surface area contributed by atoms with Gasteiger partial charge in [0.1, 0.15) is 0 Å². The van der Waals surface area contributed by atoms with Crippen molar-refractivity contribution in [3.8, 4) is 0 Å². The summed E-state index contributed by atoms with van der Waals surface area (Å²) in [5, 5.41) is 0. The maximum absolute atomic E-state index is 12.1. The van der Waals surface area contributed by atoms with Crippen LogP contribution in [0, 0.1) is 5.92 Å². The first-order valence-electron chi connectivity index (χ1n) is 5.94. The van der Waals surface area contributed by atoms with Crippen molar-refractivity contribution < 1.29 is 32.7 Å². The molecule has 0 aliphatic heterocycles. The number of carbonyl (C=O) groups excluding carboxylic acids is 2. The highest BCUT2D eigenvalue weighted by atomic mass is 32.2. The Morgan fingerprint density at radius 1 is 1.20 bits per heavy atom. The van der Waals surface area contributed by atoms with Crippen LogP contribution in [0.2, 0.25) is 0 Å². The van der Waals surface area contributed by atoms with E-state index in [0.29, 0.717) is 0 Å². The molecule has 0 saturated heterocycles. The Morgan fingerprint density at radius 2 is 1.80 bits per heavy atom. The molecule has 20 heavy (non-hydrogen) atoms. The van der Waals surface area contributed by atoms with E-state index >= 15 is 0 Å². The van der Waals surface area contributed by atoms with Crippen LogP contribution in [0.5, 0.6) is 0 Å². The van der Waals surface area contributed by atoms with Crippen LogP contribution >= 0.6 is 19.4 Å². The van der Waals surface area contributed by atoms with E-state index in [1.807, 2.05) is 0 Å². The van der Waals surface area contributed by atoms with Gasteiger partial charge >= 0.3 is 19.5 Å². The molecule has 0 spiro atoms. The lowest BCUT2D eigenvalue weighted by Crippen LogP contribution is -2.25. The molecule has 0 saturated carbocycles. The molecule has 1 atom stereocenters. The third-order valence-electron chi connectivity index (χ3n) is 2.39. The highest BCUT2D eigenvalue weighted by Crippen LogP contribution is 2.48. The van der Waals surface area contributed by atoms with Crippen LogP contribution in [0.4, 0.5) is 0 Å².